The summed E-state index contributed by atoms with van der Waals surface area (Å²) in [5.41, 5.74) is 4.74. The third kappa shape index (κ3) is 3.32. The van der Waals surface area contributed by atoms with Crippen molar-refractivity contribution in [1.82, 2.24) is 0 Å². The molecule has 3 heteroatoms. The highest BCUT2D eigenvalue weighted by molar-refractivity contribution is 5.94. The normalized spacial score (nSPS) is 11.5. The van der Waals surface area contributed by atoms with E-state index in [4.69, 9.17) is 9.15 Å². The number of benzene rings is 2. The molecular weight excluding hydrogens is 312 g/mol. The molecule has 0 saturated heterocycles. The summed E-state index contributed by atoms with van der Waals surface area (Å²) in [5, 5.41) is 0.916. The lowest BCUT2D eigenvalue weighted by molar-refractivity contribution is 0.414. The predicted molar refractivity (Wildman–Crippen MR) is 103 cm³/mol. The van der Waals surface area contributed by atoms with E-state index in [1.54, 1.807) is 19.2 Å². The zero-order valence-corrected chi connectivity index (χ0v) is 15.4. The van der Waals surface area contributed by atoms with E-state index in [9.17, 15) is 4.79 Å². The van der Waals surface area contributed by atoms with Crippen LogP contribution in [0.3, 0.4) is 0 Å². The van der Waals surface area contributed by atoms with Crippen molar-refractivity contribution in [3.8, 4) is 16.9 Å². The minimum atomic E-state index is -0.349. The van der Waals surface area contributed by atoms with Gasteiger partial charge in [0.05, 0.1) is 7.11 Å². The number of hydrogen-bond acceptors (Lipinski definition) is 3. The van der Waals surface area contributed by atoms with E-state index in [1.165, 1.54) is 11.1 Å². The molecule has 0 atom stereocenters. The third-order valence-corrected chi connectivity index (χ3v) is 4.61. The average molecular weight is 336 g/mol. The molecule has 0 fully saturated rings. The van der Waals surface area contributed by atoms with Gasteiger partial charge in [-0.15, -0.1) is 0 Å². The van der Waals surface area contributed by atoms with Crippen LogP contribution in [0, 0.1) is 0 Å². The van der Waals surface area contributed by atoms with Crippen LogP contribution in [0.5, 0.6) is 5.75 Å². The molecule has 0 aliphatic carbocycles. The molecule has 3 aromatic rings. The maximum absolute atomic E-state index is 12.1. The van der Waals surface area contributed by atoms with Gasteiger partial charge in [0.25, 0.3) is 0 Å². The molecule has 1 heterocycles. The molecule has 0 radical (unpaired) electrons. The minimum Gasteiger partial charge on any atom is -0.497 e. The summed E-state index contributed by atoms with van der Waals surface area (Å²) in [4.78, 5) is 12.1. The number of fused-ring (bicyclic) bond motifs is 1. The Morgan fingerprint density at radius 2 is 1.64 bits per heavy atom. The Morgan fingerprint density at radius 3 is 2.28 bits per heavy atom. The molecule has 3 rings (SSSR count). The number of methoxy groups -OCH3 is 1. The van der Waals surface area contributed by atoms with Crippen LogP contribution in [0.2, 0.25) is 0 Å². The van der Waals surface area contributed by atoms with Gasteiger partial charge >= 0.3 is 5.63 Å². The molecular formula is C22H24O3. The van der Waals surface area contributed by atoms with E-state index in [0.717, 1.165) is 16.5 Å². The number of rotatable bonds is 4. The molecule has 0 saturated carbocycles. The van der Waals surface area contributed by atoms with Crippen LogP contribution in [0.15, 0.2) is 51.7 Å². The fourth-order valence-corrected chi connectivity index (χ4v) is 3.16. The molecule has 0 spiro atoms. The first-order valence-corrected chi connectivity index (χ1v) is 8.66. The first-order valence-electron chi connectivity index (χ1n) is 8.66. The van der Waals surface area contributed by atoms with E-state index in [1.807, 2.05) is 12.1 Å². The van der Waals surface area contributed by atoms with Crippen molar-refractivity contribution in [2.75, 3.05) is 7.11 Å². The molecule has 25 heavy (non-hydrogen) atoms. The molecule has 3 nitrogen and oxygen atoms in total. The Morgan fingerprint density at radius 1 is 0.880 bits per heavy atom. The van der Waals surface area contributed by atoms with Gasteiger partial charge in [-0.3, -0.25) is 0 Å². The van der Waals surface area contributed by atoms with E-state index in [0.29, 0.717) is 23.2 Å². The van der Waals surface area contributed by atoms with Crippen LogP contribution in [0.1, 0.15) is 50.7 Å². The third-order valence-electron chi connectivity index (χ3n) is 4.61. The van der Waals surface area contributed by atoms with Gasteiger partial charge in [0.1, 0.15) is 11.3 Å². The van der Waals surface area contributed by atoms with Gasteiger partial charge in [-0.2, -0.15) is 0 Å². The smallest absolute Gasteiger partial charge is 0.336 e. The molecule has 0 N–H and O–H groups in total. The minimum absolute atomic E-state index is 0.349. The fraction of sp³-hybridized carbons (Fsp3) is 0.318. The second-order valence-corrected chi connectivity index (χ2v) is 7.00. The van der Waals surface area contributed by atoms with Gasteiger partial charge in [0, 0.05) is 23.1 Å². The molecule has 1 aromatic heterocycles. The summed E-state index contributed by atoms with van der Waals surface area (Å²) in [5.74, 6) is 1.50. The largest absolute Gasteiger partial charge is 0.497 e. The summed E-state index contributed by atoms with van der Waals surface area (Å²) in [6.45, 7) is 8.75. The van der Waals surface area contributed by atoms with Crippen molar-refractivity contribution < 1.29 is 9.15 Å². The first-order chi connectivity index (χ1) is 11.9. The van der Waals surface area contributed by atoms with Gasteiger partial charge in [-0.25, -0.2) is 4.79 Å². The molecule has 0 amide bonds. The predicted octanol–water partition coefficient (Wildman–Crippen LogP) is 5.72. The Balaban J connectivity index is 2.31. The molecule has 0 aliphatic rings. The van der Waals surface area contributed by atoms with Crippen LogP contribution in [0.4, 0.5) is 0 Å². The van der Waals surface area contributed by atoms with Crippen LogP contribution in [0.25, 0.3) is 22.1 Å². The van der Waals surface area contributed by atoms with Crippen LogP contribution in [-0.4, -0.2) is 7.11 Å². The van der Waals surface area contributed by atoms with Gasteiger partial charge in [0.15, 0.2) is 0 Å². The zero-order chi connectivity index (χ0) is 18.1. The first kappa shape index (κ1) is 17.3. The monoisotopic (exact) mass is 336 g/mol. The molecule has 0 aliphatic heterocycles. The van der Waals surface area contributed by atoms with Crippen molar-refractivity contribution >= 4 is 11.0 Å². The Hall–Kier alpha value is -2.55. The number of hydrogen-bond donors (Lipinski definition) is 0. The summed E-state index contributed by atoms with van der Waals surface area (Å²) in [7, 11) is 1.60. The quantitative estimate of drug-likeness (QED) is 0.572. The second kappa shape index (κ2) is 6.75. The fourth-order valence-electron chi connectivity index (χ4n) is 3.16. The van der Waals surface area contributed by atoms with E-state index >= 15 is 0 Å². The van der Waals surface area contributed by atoms with Gasteiger partial charge < -0.3 is 9.15 Å². The highest BCUT2D eigenvalue weighted by Gasteiger charge is 2.15. The van der Waals surface area contributed by atoms with Crippen LogP contribution < -0.4 is 10.4 Å². The van der Waals surface area contributed by atoms with Crippen molar-refractivity contribution in [2.24, 2.45) is 0 Å². The number of ether oxygens (including phenoxy) is 1. The lowest BCUT2D eigenvalue weighted by Gasteiger charge is -2.17. The van der Waals surface area contributed by atoms with Gasteiger partial charge in [0.2, 0.25) is 0 Å². The standard InChI is InChI=1S/C22H24O3/c1-13(2)15-6-8-17(19(10-15)14(3)4)20-12-22(23)25-21-11-16(24-5)7-9-18(20)21/h6-14H,1-5H3. The van der Waals surface area contributed by atoms with E-state index in [-0.39, 0.29) is 5.63 Å². The topological polar surface area (TPSA) is 39.4 Å². The SMILES string of the molecule is COc1ccc2c(-c3ccc(C(C)C)cc3C(C)C)cc(=O)oc2c1. The Kier molecular flexibility index (Phi) is 4.67. The molecule has 0 bridgehead atoms. The second-order valence-electron chi connectivity index (χ2n) is 7.00. The maximum atomic E-state index is 12.1. The highest BCUT2D eigenvalue weighted by Crippen LogP contribution is 2.36. The summed E-state index contributed by atoms with van der Waals surface area (Å²) < 4.78 is 10.6. The van der Waals surface area contributed by atoms with E-state index in [2.05, 4.69) is 45.9 Å². The maximum Gasteiger partial charge on any atom is 0.336 e. The highest BCUT2D eigenvalue weighted by atomic mass is 16.5. The van der Waals surface area contributed by atoms with Crippen molar-refractivity contribution in [2.45, 2.75) is 39.5 Å². The van der Waals surface area contributed by atoms with Crippen molar-refractivity contribution in [3.05, 3.63) is 64.0 Å². The lowest BCUT2D eigenvalue weighted by Crippen LogP contribution is -2.02. The van der Waals surface area contributed by atoms with E-state index < -0.39 is 0 Å². The summed E-state index contributed by atoms with van der Waals surface area (Å²) in [6, 6.07) is 13.7. The van der Waals surface area contributed by atoms with Gasteiger partial charge in [-0.1, -0.05) is 45.9 Å². The lowest BCUT2D eigenvalue weighted by atomic mass is 9.88. The zero-order valence-electron chi connectivity index (χ0n) is 15.4. The van der Waals surface area contributed by atoms with Crippen molar-refractivity contribution in [1.29, 1.82) is 0 Å². The summed E-state index contributed by atoms with van der Waals surface area (Å²) >= 11 is 0. The molecule has 2 aromatic carbocycles. The molecule has 130 valence electrons. The van der Waals surface area contributed by atoms with Crippen LogP contribution in [-0.2, 0) is 0 Å². The van der Waals surface area contributed by atoms with Crippen molar-refractivity contribution in [3.63, 3.8) is 0 Å². The Bertz CT molecular complexity index is 965. The molecule has 0 unspecified atom stereocenters. The Labute approximate surface area is 148 Å². The van der Waals surface area contributed by atoms with Gasteiger partial charge in [-0.05, 0) is 40.7 Å². The van der Waals surface area contributed by atoms with Crippen LogP contribution >= 0.6 is 0 Å². The summed E-state index contributed by atoms with van der Waals surface area (Å²) in [6.07, 6.45) is 0. The average Bonchev–Trinajstić information content (AvgIpc) is 2.59.